The zero-order valence-corrected chi connectivity index (χ0v) is 15.5. The first-order chi connectivity index (χ1) is 13.1. The molecule has 150 valence electrons. The van der Waals surface area contributed by atoms with Crippen LogP contribution in [0.15, 0.2) is 48.5 Å². The van der Waals surface area contributed by atoms with E-state index in [9.17, 15) is 22.8 Å². The highest BCUT2D eigenvalue weighted by Gasteiger charge is 2.63. The van der Waals surface area contributed by atoms with Gasteiger partial charge in [0.1, 0.15) is 0 Å². The van der Waals surface area contributed by atoms with Crippen LogP contribution in [-0.2, 0) is 9.53 Å². The second-order valence-electron chi connectivity index (χ2n) is 6.13. The van der Waals surface area contributed by atoms with Crippen LogP contribution in [0, 0.1) is 13.8 Å². The van der Waals surface area contributed by atoms with Gasteiger partial charge in [-0.25, -0.2) is 4.79 Å². The Morgan fingerprint density at radius 2 is 1.68 bits per heavy atom. The number of halogens is 3. The van der Waals surface area contributed by atoms with Crippen molar-refractivity contribution >= 4 is 17.6 Å². The first-order valence-electron chi connectivity index (χ1n) is 8.24. The van der Waals surface area contributed by atoms with Gasteiger partial charge in [0, 0.05) is 5.56 Å². The number of hydrazine groups is 1. The topological polar surface area (TPSA) is 79.5 Å². The van der Waals surface area contributed by atoms with E-state index in [0.717, 1.165) is 7.11 Å². The van der Waals surface area contributed by atoms with Gasteiger partial charge in [-0.15, -0.1) is 0 Å². The Hall–Kier alpha value is -3.07. The minimum absolute atomic E-state index is 0.0322. The summed E-state index contributed by atoms with van der Waals surface area (Å²) in [7, 11) is 0.803. The molecule has 0 saturated carbocycles. The van der Waals surface area contributed by atoms with Gasteiger partial charge in [0.2, 0.25) is 0 Å². The Morgan fingerprint density at radius 1 is 1.00 bits per heavy atom. The summed E-state index contributed by atoms with van der Waals surface area (Å²) >= 11 is 0. The number of amides is 1. The van der Waals surface area contributed by atoms with E-state index in [-0.39, 0.29) is 5.56 Å². The minimum atomic E-state index is -5.21. The minimum Gasteiger partial charge on any atom is -0.466 e. The first kappa shape index (κ1) is 21.2. The average molecular weight is 395 g/mol. The largest absolute Gasteiger partial charge is 0.466 e. The summed E-state index contributed by atoms with van der Waals surface area (Å²) in [4.78, 5) is 24.6. The standard InChI is InChI=1S/C19H20F3N3O3/c1-12-7-6-9-14(11-12)16(26)23-18(17(27)28-3,19(20,21)22)25-24-15-10-5-4-8-13(15)2/h4-11,24-25H,1-3H3,(H,23,26)/t18-/m0/s1. The van der Waals surface area contributed by atoms with Crippen LogP contribution in [0.1, 0.15) is 21.5 Å². The summed E-state index contributed by atoms with van der Waals surface area (Å²) in [6.07, 6.45) is -5.21. The van der Waals surface area contributed by atoms with Gasteiger partial charge >= 0.3 is 17.8 Å². The molecule has 28 heavy (non-hydrogen) atoms. The molecule has 2 aromatic rings. The number of aryl methyl sites for hydroxylation is 2. The molecular formula is C19H20F3N3O3. The SMILES string of the molecule is COC(=O)[C@@](NNc1ccccc1C)(NC(=O)c1cccc(C)c1)C(F)(F)F. The monoisotopic (exact) mass is 395 g/mol. The van der Waals surface area contributed by atoms with Gasteiger partial charge in [-0.1, -0.05) is 35.9 Å². The zero-order chi connectivity index (χ0) is 20.9. The molecule has 1 atom stereocenters. The van der Waals surface area contributed by atoms with Gasteiger partial charge in [-0.05, 0) is 37.6 Å². The maximum atomic E-state index is 14.0. The summed E-state index contributed by atoms with van der Waals surface area (Å²) in [6.45, 7) is 3.36. The third kappa shape index (κ3) is 4.42. The lowest BCUT2D eigenvalue weighted by atomic mass is 10.1. The highest BCUT2D eigenvalue weighted by atomic mass is 19.4. The number of para-hydroxylation sites is 1. The third-order valence-corrected chi connectivity index (χ3v) is 4.03. The number of methoxy groups -OCH3 is 1. The summed E-state index contributed by atoms with van der Waals surface area (Å²) < 4.78 is 46.2. The normalized spacial score (nSPS) is 13.4. The van der Waals surface area contributed by atoms with Crippen molar-refractivity contribution in [1.29, 1.82) is 0 Å². The van der Waals surface area contributed by atoms with Gasteiger partial charge in [0.15, 0.2) is 0 Å². The maximum Gasteiger partial charge on any atom is 0.438 e. The Balaban J connectivity index is 2.41. The van der Waals surface area contributed by atoms with Crippen LogP contribution in [0.2, 0.25) is 0 Å². The number of hydrogen-bond donors (Lipinski definition) is 3. The molecule has 0 spiro atoms. The Morgan fingerprint density at radius 3 is 2.25 bits per heavy atom. The second-order valence-corrected chi connectivity index (χ2v) is 6.13. The molecule has 0 unspecified atom stereocenters. The van der Waals surface area contributed by atoms with Crippen molar-refractivity contribution in [3.05, 3.63) is 65.2 Å². The maximum absolute atomic E-state index is 14.0. The molecule has 0 bridgehead atoms. The zero-order valence-electron chi connectivity index (χ0n) is 15.5. The number of alkyl halides is 3. The van der Waals surface area contributed by atoms with Crippen LogP contribution >= 0.6 is 0 Å². The quantitative estimate of drug-likeness (QED) is 0.398. The number of benzene rings is 2. The fourth-order valence-electron chi connectivity index (χ4n) is 2.45. The average Bonchev–Trinajstić information content (AvgIpc) is 2.64. The van der Waals surface area contributed by atoms with E-state index in [2.05, 4.69) is 10.2 Å². The van der Waals surface area contributed by atoms with Crippen molar-refractivity contribution in [2.45, 2.75) is 25.7 Å². The van der Waals surface area contributed by atoms with Gasteiger partial charge in [-0.3, -0.25) is 4.79 Å². The molecule has 3 N–H and O–H groups in total. The van der Waals surface area contributed by atoms with Crippen LogP contribution in [0.25, 0.3) is 0 Å². The van der Waals surface area contributed by atoms with Crippen LogP contribution in [0.4, 0.5) is 18.9 Å². The van der Waals surface area contributed by atoms with Crippen molar-refractivity contribution in [2.75, 3.05) is 12.5 Å². The molecule has 6 nitrogen and oxygen atoms in total. The number of carbonyl (C=O) groups excluding carboxylic acids is 2. The Labute approximate surface area is 160 Å². The second kappa shape index (κ2) is 8.30. The highest BCUT2D eigenvalue weighted by molar-refractivity contribution is 5.98. The molecule has 0 heterocycles. The van der Waals surface area contributed by atoms with Crippen LogP contribution in [-0.4, -0.2) is 30.8 Å². The highest BCUT2D eigenvalue weighted by Crippen LogP contribution is 2.30. The summed E-state index contributed by atoms with van der Waals surface area (Å²) in [5, 5.41) is 1.74. The first-order valence-corrected chi connectivity index (χ1v) is 8.24. The molecule has 0 aliphatic heterocycles. The van der Waals surface area contributed by atoms with E-state index in [0.29, 0.717) is 16.8 Å². The molecule has 2 aromatic carbocycles. The van der Waals surface area contributed by atoms with Gasteiger partial charge in [0.05, 0.1) is 12.8 Å². The van der Waals surface area contributed by atoms with Crippen molar-refractivity contribution in [2.24, 2.45) is 0 Å². The molecule has 0 aliphatic rings. The predicted molar refractivity (Wildman–Crippen MR) is 97.4 cm³/mol. The fraction of sp³-hybridized carbons (Fsp3) is 0.263. The number of carbonyl (C=O) groups is 2. The lowest BCUT2D eigenvalue weighted by molar-refractivity contribution is -0.215. The number of esters is 1. The van der Waals surface area contributed by atoms with Crippen LogP contribution in [0.3, 0.4) is 0 Å². The van der Waals surface area contributed by atoms with Crippen molar-refractivity contribution < 1.29 is 27.5 Å². The smallest absolute Gasteiger partial charge is 0.438 e. The number of hydrogen-bond acceptors (Lipinski definition) is 5. The molecule has 2 rings (SSSR count). The number of rotatable bonds is 6. The lowest BCUT2D eigenvalue weighted by Gasteiger charge is -2.34. The van der Waals surface area contributed by atoms with Crippen LogP contribution < -0.4 is 16.2 Å². The predicted octanol–water partition coefficient (Wildman–Crippen LogP) is 3.08. The van der Waals surface area contributed by atoms with Gasteiger partial charge < -0.3 is 15.5 Å². The van der Waals surface area contributed by atoms with Crippen molar-refractivity contribution in [3.8, 4) is 0 Å². The number of anilines is 1. The van der Waals surface area contributed by atoms with E-state index in [1.54, 1.807) is 43.4 Å². The number of nitrogens with one attached hydrogen (secondary N) is 3. The Bertz CT molecular complexity index is 871. The fourth-order valence-corrected chi connectivity index (χ4v) is 2.45. The van der Waals surface area contributed by atoms with E-state index in [1.165, 1.54) is 24.3 Å². The number of ether oxygens (including phenoxy) is 1. The molecule has 0 aromatic heterocycles. The molecule has 0 radical (unpaired) electrons. The van der Waals surface area contributed by atoms with E-state index in [1.807, 2.05) is 5.43 Å². The molecule has 1 amide bonds. The molecule has 9 heteroatoms. The molecular weight excluding hydrogens is 375 g/mol. The van der Waals surface area contributed by atoms with Crippen molar-refractivity contribution in [1.82, 2.24) is 10.7 Å². The van der Waals surface area contributed by atoms with Crippen molar-refractivity contribution in [3.63, 3.8) is 0 Å². The van der Waals surface area contributed by atoms with Gasteiger partial charge in [0.25, 0.3) is 5.91 Å². The molecule has 0 fully saturated rings. The lowest BCUT2D eigenvalue weighted by Crippen LogP contribution is -2.73. The van der Waals surface area contributed by atoms with E-state index >= 15 is 0 Å². The van der Waals surface area contributed by atoms with Gasteiger partial charge in [-0.2, -0.15) is 18.6 Å². The summed E-state index contributed by atoms with van der Waals surface area (Å²) in [5.41, 5.74) is 2.33. The molecule has 0 saturated heterocycles. The molecule has 0 aliphatic carbocycles. The van der Waals surface area contributed by atoms with Crippen LogP contribution in [0.5, 0.6) is 0 Å². The Kier molecular flexibility index (Phi) is 6.30. The van der Waals surface area contributed by atoms with E-state index in [4.69, 9.17) is 0 Å². The summed E-state index contributed by atoms with van der Waals surface area (Å²) in [6, 6.07) is 12.5. The summed E-state index contributed by atoms with van der Waals surface area (Å²) in [5.74, 6) is -2.81. The van der Waals surface area contributed by atoms with E-state index < -0.39 is 23.7 Å². The third-order valence-electron chi connectivity index (χ3n) is 4.03.